The van der Waals surface area contributed by atoms with Gasteiger partial charge in [0.15, 0.2) is 5.82 Å². The Bertz CT molecular complexity index is 365. The molecule has 0 aliphatic carbocycles. The fourth-order valence-electron chi connectivity index (χ4n) is 1.20. The summed E-state index contributed by atoms with van der Waals surface area (Å²) in [4.78, 5) is 6.66. The highest BCUT2D eigenvalue weighted by molar-refractivity contribution is 5.74. The van der Waals surface area contributed by atoms with Crippen LogP contribution in [0.15, 0.2) is 22.7 Å². The van der Waals surface area contributed by atoms with Crippen LogP contribution >= 0.6 is 0 Å². The van der Waals surface area contributed by atoms with Crippen LogP contribution in [0.1, 0.15) is 18.7 Å². The normalized spacial score (nSPS) is 10.4. The highest BCUT2D eigenvalue weighted by atomic mass is 16.4. The predicted octanol–water partition coefficient (Wildman–Crippen LogP) is 1.78. The third kappa shape index (κ3) is 3.70. The van der Waals surface area contributed by atoms with Crippen LogP contribution in [0.2, 0.25) is 0 Å². The van der Waals surface area contributed by atoms with Crippen LogP contribution in [0.25, 0.3) is 10.4 Å². The summed E-state index contributed by atoms with van der Waals surface area (Å²) in [5, 5.41) is 14.7. The molecule has 0 fully saturated rings. The Morgan fingerprint density at radius 3 is 3.20 bits per heavy atom. The van der Waals surface area contributed by atoms with Crippen molar-refractivity contribution in [3.8, 4) is 0 Å². The molecule has 1 aromatic heterocycles. The Morgan fingerprint density at radius 2 is 2.47 bits per heavy atom. The molecule has 0 bridgehead atoms. The van der Waals surface area contributed by atoms with Gasteiger partial charge in [-0.15, -0.1) is 0 Å². The van der Waals surface area contributed by atoms with Crippen molar-refractivity contribution in [2.24, 2.45) is 10.3 Å². The van der Waals surface area contributed by atoms with Gasteiger partial charge >= 0.3 is 0 Å². The first-order valence-corrected chi connectivity index (χ1v) is 4.58. The zero-order valence-electron chi connectivity index (χ0n) is 8.19. The van der Waals surface area contributed by atoms with Crippen molar-refractivity contribution in [2.75, 3.05) is 6.54 Å². The SMILES string of the molecule is [N-]=[N+]=NCCCCn1ccnc1/C=N\O. The lowest BCUT2D eigenvalue weighted by Crippen LogP contribution is -2.02. The average molecular weight is 208 g/mol. The van der Waals surface area contributed by atoms with E-state index in [0.717, 1.165) is 19.4 Å². The number of hydrogen-bond acceptors (Lipinski definition) is 4. The molecule has 7 nitrogen and oxygen atoms in total. The quantitative estimate of drug-likeness (QED) is 0.146. The van der Waals surface area contributed by atoms with E-state index < -0.39 is 0 Å². The largest absolute Gasteiger partial charge is 0.411 e. The number of imidazole rings is 1. The molecule has 0 radical (unpaired) electrons. The van der Waals surface area contributed by atoms with Crippen LogP contribution in [0.5, 0.6) is 0 Å². The van der Waals surface area contributed by atoms with Crippen molar-refractivity contribution in [3.05, 3.63) is 28.7 Å². The molecule has 1 rings (SSSR count). The Kier molecular flexibility index (Phi) is 4.75. The van der Waals surface area contributed by atoms with E-state index in [1.165, 1.54) is 6.21 Å². The molecule has 1 aromatic rings. The first kappa shape index (κ1) is 11.1. The molecule has 0 aliphatic heterocycles. The number of aromatic nitrogens is 2. The highest BCUT2D eigenvalue weighted by Gasteiger charge is 1.98. The van der Waals surface area contributed by atoms with E-state index in [0.29, 0.717) is 12.4 Å². The minimum absolute atomic E-state index is 0.509. The second kappa shape index (κ2) is 6.44. The second-order valence-electron chi connectivity index (χ2n) is 2.88. The van der Waals surface area contributed by atoms with Gasteiger partial charge in [0.25, 0.3) is 0 Å². The highest BCUT2D eigenvalue weighted by Crippen LogP contribution is 1.99. The number of azide groups is 1. The zero-order chi connectivity index (χ0) is 10.9. The number of unbranched alkanes of at least 4 members (excludes halogenated alkanes) is 1. The smallest absolute Gasteiger partial charge is 0.154 e. The van der Waals surface area contributed by atoms with Crippen LogP contribution in [-0.4, -0.2) is 27.5 Å². The van der Waals surface area contributed by atoms with Gasteiger partial charge in [-0.1, -0.05) is 10.3 Å². The molecule has 0 aliphatic rings. The third-order valence-electron chi connectivity index (χ3n) is 1.89. The third-order valence-corrected chi connectivity index (χ3v) is 1.89. The van der Waals surface area contributed by atoms with E-state index in [1.807, 2.05) is 10.8 Å². The molecule has 0 saturated carbocycles. The molecular weight excluding hydrogens is 196 g/mol. The van der Waals surface area contributed by atoms with Crippen LogP contribution in [0, 0.1) is 0 Å². The number of aryl methyl sites for hydroxylation is 1. The number of oxime groups is 1. The van der Waals surface area contributed by atoms with Gasteiger partial charge in [0.2, 0.25) is 0 Å². The summed E-state index contributed by atoms with van der Waals surface area (Å²) in [5.41, 5.74) is 8.06. The Balaban J connectivity index is 2.36. The molecule has 0 spiro atoms. The van der Waals surface area contributed by atoms with E-state index in [2.05, 4.69) is 20.2 Å². The summed E-state index contributed by atoms with van der Waals surface area (Å²) in [6.45, 7) is 1.27. The summed E-state index contributed by atoms with van der Waals surface area (Å²) in [7, 11) is 0. The summed E-state index contributed by atoms with van der Waals surface area (Å²) in [6, 6.07) is 0. The minimum atomic E-state index is 0.509. The van der Waals surface area contributed by atoms with Gasteiger partial charge in [0.1, 0.15) is 6.21 Å². The lowest BCUT2D eigenvalue weighted by atomic mass is 10.3. The molecule has 1 N–H and O–H groups in total. The van der Waals surface area contributed by atoms with Gasteiger partial charge in [0.05, 0.1) is 0 Å². The van der Waals surface area contributed by atoms with E-state index in [-0.39, 0.29) is 0 Å². The van der Waals surface area contributed by atoms with E-state index in [9.17, 15) is 0 Å². The molecule has 0 atom stereocenters. The first-order valence-electron chi connectivity index (χ1n) is 4.58. The van der Waals surface area contributed by atoms with E-state index >= 15 is 0 Å². The molecule has 1 heterocycles. The summed E-state index contributed by atoms with van der Waals surface area (Å²) in [5.74, 6) is 0.612. The Morgan fingerprint density at radius 1 is 1.60 bits per heavy atom. The van der Waals surface area contributed by atoms with Crippen molar-refractivity contribution in [3.63, 3.8) is 0 Å². The second-order valence-corrected chi connectivity index (χ2v) is 2.88. The average Bonchev–Trinajstić information content (AvgIpc) is 2.66. The maximum Gasteiger partial charge on any atom is 0.154 e. The lowest BCUT2D eigenvalue weighted by molar-refractivity contribution is 0.321. The van der Waals surface area contributed by atoms with Crippen molar-refractivity contribution in [1.29, 1.82) is 0 Å². The van der Waals surface area contributed by atoms with Crippen LogP contribution in [0.3, 0.4) is 0 Å². The van der Waals surface area contributed by atoms with Gasteiger partial charge in [-0.25, -0.2) is 4.98 Å². The molecule has 0 saturated heterocycles. The van der Waals surface area contributed by atoms with Crippen LogP contribution in [0.4, 0.5) is 0 Å². The molecule has 7 heteroatoms. The number of hydrogen-bond donors (Lipinski definition) is 1. The van der Waals surface area contributed by atoms with Crippen LogP contribution in [-0.2, 0) is 6.54 Å². The maximum absolute atomic E-state index is 8.36. The number of rotatable bonds is 6. The van der Waals surface area contributed by atoms with Crippen LogP contribution < -0.4 is 0 Å². The first-order chi connectivity index (χ1) is 7.38. The molecule has 0 aromatic carbocycles. The van der Waals surface area contributed by atoms with Crippen molar-refractivity contribution in [2.45, 2.75) is 19.4 Å². The predicted molar refractivity (Wildman–Crippen MR) is 54.9 cm³/mol. The van der Waals surface area contributed by atoms with Crippen molar-refractivity contribution >= 4 is 6.21 Å². The maximum atomic E-state index is 8.36. The fourth-order valence-corrected chi connectivity index (χ4v) is 1.20. The fraction of sp³-hybridized carbons (Fsp3) is 0.500. The summed E-state index contributed by atoms with van der Waals surface area (Å²) >= 11 is 0. The van der Waals surface area contributed by atoms with Gasteiger partial charge in [-0.05, 0) is 18.4 Å². The van der Waals surface area contributed by atoms with Crippen molar-refractivity contribution < 1.29 is 5.21 Å². The molecular formula is C8H12N6O. The number of nitrogens with zero attached hydrogens (tertiary/aromatic N) is 6. The molecule has 15 heavy (non-hydrogen) atoms. The summed E-state index contributed by atoms with van der Waals surface area (Å²) < 4.78 is 1.87. The van der Waals surface area contributed by atoms with E-state index in [1.54, 1.807) is 6.20 Å². The van der Waals surface area contributed by atoms with Gasteiger partial charge in [0, 0.05) is 30.4 Å². The zero-order valence-corrected chi connectivity index (χ0v) is 8.19. The summed E-state index contributed by atoms with van der Waals surface area (Å²) in [6.07, 6.45) is 6.46. The minimum Gasteiger partial charge on any atom is -0.411 e. The van der Waals surface area contributed by atoms with Gasteiger partial charge < -0.3 is 9.77 Å². The van der Waals surface area contributed by atoms with Gasteiger partial charge in [-0.3, -0.25) is 0 Å². The lowest BCUT2D eigenvalue weighted by Gasteiger charge is -2.02. The Hall–Kier alpha value is -2.01. The standard InChI is InChI=1S/C8H12N6O/c9-13-11-3-1-2-5-14-6-4-10-8(14)7-12-15/h4,6-7,15H,1-3,5H2/b12-7-. The topological polar surface area (TPSA) is 99.2 Å². The van der Waals surface area contributed by atoms with E-state index in [4.69, 9.17) is 10.7 Å². The molecule has 0 unspecified atom stereocenters. The molecule has 0 amide bonds. The van der Waals surface area contributed by atoms with Gasteiger partial charge in [-0.2, -0.15) is 0 Å². The monoisotopic (exact) mass is 208 g/mol. The molecule has 80 valence electrons. The van der Waals surface area contributed by atoms with Crippen molar-refractivity contribution in [1.82, 2.24) is 9.55 Å². The Labute approximate surface area is 86.7 Å².